The zero-order chi connectivity index (χ0) is 48.4. The molecular formula is C46H49F3N6O10S. The fourth-order valence-electron chi connectivity index (χ4n) is 7.46. The summed E-state index contributed by atoms with van der Waals surface area (Å²) in [6, 6.07) is 19.7. The van der Waals surface area contributed by atoms with Crippen molar-refractivity contribution < 1.29 is 59.8 Å². The molecule has 4 aromatic rings. The molecule has 1 aromatic heterocycles. The summed E-state index contributed by atoms with van der Waals surface area (Å²) in [5.74, 6) is -4.61. The van der Waals surface area contributed by atoms with Gasteiger partial charge in [0.1, 0.15) is 46.4 Å². The average Bonchev–Trinajstić information content (AvgIpc) is 3.83. The number of nitrogens with zero attached hydrogens (tertiary/aromatic N) is 3. The quantitative estimate of drug-likeness (QED) is 0.103. The van der Waals surface area contributed by atoms with Gasteiger partial charge in [0.2, 0.25) is 11.8 Å². The number of amides is 5. The highest BCUT2D eigenvalue weighted by Gasteiger charge is 2.61. The van der Waals surface area contributed by atoms with Crippen LogP contribution in [0.4, 0.5) is 18.0 Å². The largest absolute Gasteiger partial charge is 0.497 e. The number of ether oxygens (including phenoxy) is 3. The molecule has 1 aliphatic carbocycles. The Morgan fingerprint density at radius 1 is 1.00 bits per heavy atom. The molecule has 66 heavy (non-hydrogen) atoms. The van der Waals surface area contributed by atoms with Crippen LogP contribution in [0.15, 0.2) is 115 Å². The van der Waals surface area contributed by atoms with E-state index in [4.69, 9.17) is 19.2 Å². The fraction of sp³-hybridized carbons (Fsp3) is 0.348. The van der Waals surface area contributed by atoms with E-state index in [1.165, 1.54) is 58.2 Å². The van der Waals surface area contributed by atoms with Gasteiger partial charge in [0.15, 0.2) is 0 Å². The number of pyridine rings is 1. The number of carbonyl (C=O) groups is 5. The molecule has 1 aliphatic heterocycles. The number of methoxy groups -OCH3 is 1. The molecular weight excluding hydrogens is 886 g/mol. The Morgan fingerprint density at radius 3 is 2.24 bits per heavy atom. The molecule has 5 amide bonds. The number of fused-ring (bicyclic) bond motifs is 1. The molecule has 3 aromatic carbocycles. The van der Waals surface area contributed by atoms with Gasteiger partial charge in [-0.3, -0.25) is 19.2 Å². The molecule has 5 unspecified atom stereocenters. The highest BCUT2D eigenvalue weighted by atomic mass is 32.2. The third kappa shape index (κ3) is 10.9. The number of hydrogen-bond acceptors (Lipinski definition) is 11. The SMILES string of the molecule is C=CC1CC1(NC(=O)C1CC(Oc2cc(-c3ccccc3)nc3cc(OC)ccc23)CN1C(=O)C(CN(C)C(=O)C(=C)C(F)(F)F)NC(=O)OC(C)(C)C)C(=O)NS(=O)(=O)c1ccccc1. The summed E-state index contributed by atoms with van der Waals surface area (Å²) in [4.78, 5) is 75.6. The molecule has 3 N–H and O–H groups in total. The van der Waals surface area contributed by atoms with E-state index in [0.717, 1.165) is 17.5 Å². The molecule has 1 saturated carbocycles. The van der Waals surface area contributed by atoms with Gasteiger partial charge in [-0.2, -0.15) is 13.2 Å². The molecule has 350 valence electrons. The van der Waals surface area contributed by atoms with Crippen molar-refractivity contribution in [2.45, 2.75) is 74.0 Å². The first-order valence-electron chi connectivity index (χ1n) is 20.6. The molecule has 2 heterocycles. The van der Waals surface area contributed by atoms with Crippen molar-refractivity contribution in [2.24, 2.45) is 5.92 Å². The van der Waals surface area contributed by atoms with Gasteiger partial charge in [0.05, 0.1) is 36.3 Å². The summed E-state index contributed by atoms with van der Waals surface area (Å²) >= 11 is 0. The monoisotopic (exact) mass is 934 g/mol. The van der Waals surface area contributed by atoms with Gasteiger partial charge in [0, 0.05) is 42.5 Å². The van der Waals surface area contributed by atoms with Crippen LogP contribution >= 0.6 is 0 Å². The molecule has 16 nitrogen and oxygen atoms in total. The zero-order valence-corrected chi connectivity index (χ0v) is 37.5. The fourth-order valence-corrected chi connectivity index (χ4v) is 8.52. The van der Waals surface area contributed by atoms with E-state index in [1.54, 1.807) is 30.3 Å². The van der Waals surface area contributed by atoms with Crippen molar-refractivity contribution in [1.82, 2.24) is 30.1 Å². The molecule has 2 fully saturated rings. The first-order valence-corrected chi connectivity index (χ1v) is 22.0. The van der Waals surface area contributed by atoms with Crippen LogP contribution in [0.25, 0.3) is 22.2 Å². The number of aromatic nitrogens is 1. The minimum Gasteiger partial charge on any atom is -0.497 e. The van der Waals surface area contributed by atoms with E-state index in [1.807, 2.05) is 35.1 Å². The Hall–Kier alpha value is -6.96. The second-order valence-electron chi connectivity index (χ2n) is 16.9. The molecule has 20 heteroatoms. The van der Waals surface area contributed by atoms with Crippen molar-refractivity contribution in [1.29, 1.82) is 0 Å². The van der Waals surface area contributed by atoms with E-state index in [9.17, 15) is 45.6 Å². The van der Waals surface area contributed by atoms with E-state index in [0.29, 0.717) is 27.2 Å². The van der Waals surface area contributed by atoms with Gasteiger partial charge in [-0.1, -0.05) is 61.2 Å². The topological polar surface area (TPSA) is 203 Å². The smallest absolute Gasteiger partial charge is 0.421 e. The van der Waals surface area contributed by atoms with Gasteiger partial charge < -0.3 is 34.6 Å². The molecule has 0 spiro atoms. The van der Waals surface area contributed by atoms with Crippen LogP contribution in [0.2, 0.25) is 0 Å². The van der Waals surface area contributed by atoms with Crippen LogP contribution in [0.5, 0.6) is 11.5 Å². The number of benzene rings is 3. The minimum atomic E-state index is -5.12. The molecule has 0 radical (unpaired) electrons. The van der Waals surface area contributed by atoms with Crippen LogP contribution in [0.3, 0.4) is 0 Å². The standard InChI is InChI=1S/C46H49F3N6O10S/c1-8-29-24-45(29,42(59)53-66(61,62)32-17-13-10-14-18-32)52-39(56)37-22-31(64-38-23-34(28-15-11-9-12-16-28)50-35-21-30(63-7)19-20-33(35)38)25-55(37)41(58)36(51-43(60)65-44(3,4)5)26-54(6)40(57)27(2)46(47,48)49/h8-21,23,29,31,36-37H,1-2,22,24-26H2,3-7H3,(H,51,60)(H,52,56)(H,53,59). The van der Waals surface area contributed by atoms with Crippen molar-refractivity contribution in [3.63, 3.8) is 0 Å². The number of hydrogen-bond donors (Lipinski definition) is 3. The molecule has 2 aliphatic rings. The maximum absolute atomic E-state index is 14.8. The number of alkyl carbamates (subject to hydrolysis) is 1. The van der Waals surface area contributed by atoms with Crippen molar-refractivity contribution in [3.8, 4) is 22.8 Å². The number of likely N-dealkylation sites (N-methyl/N-ethyl adjacent to an activating group) is 1. The second kappa shape index (κ2) is 18.9. The first kappa shape index (κ1) is 48.5. The Bertz CT molecular complexity index is 2660. The van der Waals surface area contributed by atoms with E-state index >= 15 is 0 Å². The van der Waals surface area contributed by atoms with Crippen LogP contribution in [0.1, 0.15) is 33.6 Å². The number of halogens is 3. The molecule has 6 rings (SSSR count). The van der Waals surface area contributed by atoms with Gasteiger partial charge in [-0.05, 0) is 51.5 Å². The van der Waals surface area contributed by atoms with Crippen molar-refractivity contribution in [3.05, 3.63) is 110 Å². The predicted octanol–water partition coefficient (Wildman–Crippen LogP) is 5.29. The van der Waals surface area contributed by atoms with Gasteiger partial charge in [-0.15, -0.1) is 6.58 Å². The molecule has 1 saturated heterocycles. The van der Waals surface area contributed by atoms with Crippen molar-refractivity contribution in [2.75, 3.05) is 27.2 Å². The van der Waals surface area contributed by atoms with E-state index in [2.05, 4.69) is 23.8 Å². The summed E-state index contributed by atoms with van der Waals surface area (Å²) in [6.45, 7) is 9.96. The maximum Gasteiger partial charge on any atom is 0.421 e. The first-order chi connectivity index (χ1) is 31.0. The van der Waals surface area contributed by atoms with Gasteiger partial charge in [-0.25, -0.2) is 22.9 Å². The summed E-state index contributed by atoms with van der Waals surface area (Å²) in [5.41, 5.74) is -2.97. The summed E-state index contributed by atoms with van der Waals surface area (Å²) in [7, 11) is -1.95. The van der Waals surface area contributed by atoms with Gasteiger partial charge >= 0.3 is 12.3 Å². The third-order valence-corrected chi connectivity index (χ3v) is 12.3. The molecule has 0 bridgehead atoms. The van der Waals surface area contributed by atoms with Crippen LogP contribution in [-0.2, 0) is 33.9 Å². The predicted molar refractivity (Wildman–Crippen MR) is 235 cm³/mol. The van der Waals surface area contributed by atoms with E-state index in [-0.39, 0.29) is 30.0 Å². The lowest BCUT2D eigenvalue weighted by atomic mass is 10.1. The van der Waals surface area contributed by atoms with E-state index < -0.39 is 93.3 Å². The minimum absolute atomic E-state index is 0.0630. The second-order valence-corrected chi connectivity index (χ2v) is 18.5. The number of nitrogens with one attached hydrogen (secondary N) is 3. The summed E-state index contributed by atoms with van der Waals surface area (Å²) in [6.07, 6.45) is -6.25. The number of carbonyl (C=O) groups excluding carboxylic acids is 5. The van der Waals surface area contributed by atoms with Gasteiger partial charge in [0.25, 0.3) is 21.8 Å². The van der Waals surface area contributed by atoms with Crippen molar-refractivity contribution >= 4 is 50.6 Å². The summed E-state index contributed by atoms with van der Waals surface area (Å²) in [5, 5.41) is 5.52. The van der Waals surface area contributed by atoms with Crippen LogP contribution in [0, 0.1) is 5.92 Å². The lowest BCUT2D eigenvalue weighted by Crippen LogP contribution is -2.60. The maximum atomic E-state index is 14.8. The normalized spacial score (nSPS) is 19.8. The summed E-state index contributed by atoms with van der Waals surface area (Å²) < 4.78 is 86.7. The Morgan fingerprint density at radius 2 is 1.65 bits per heavy atom. The Kier molecular flexibility index (Phi) is 13.9. The molecule has 5 atom stereocenters. The Labute approximate surface area is 379 Å². The lowest BCUT2D eigenvalue weighted by molar-refractivity contribution is -0.143. The van der Waals surface area contributed by atoms with Crippen LogP contribution in [-0.4, -0.2) is 116 Å². The zero-order valence-electron chi connectivity index (χ0n) is 36.7. The van der Waals surface area contributed by atoms with Crippen LogP contribution < -0.4 is 24.8 Å². The number of rotatable bonds is 15. The number of likely N-dealkylation sites (tertiary alicyclic amines) is 1. The number of alkyl halides is 3. The highest BCUT2D eigenvalue weighted by Crippen LogP contribution is 2.45. The Balaban J connectivity index is 1.38. The number of sulfonamides is 1. The lowest BCUT2D eigenvalue weighted by Gasteiger charge is -2.32. The third-order valence-electron chi connectivity index (χ3n) is 10.9. The highest BCUT2D eigenvalue weighted by molar-refractivity contribution is 7.90. The average molecular weight is 935 g/mol.